The molecular weight excluding hydrogens is 422 g/mol. The molecule has 1 aromatic carbocycles. The molecule has 0 spiro atoms. The van der Waals surface area contributed by atoms with Gasteiger partial charge in [-0.15, -0.1) is 0 Å². The van der Waals surface area contributed by atoms with Crippen LogP contribution < -0.4 is 5.32 Å². The molecule has 0 radical (unpaired) electrons. The van der Waals surface area contributed by atoms with Gasteiger partial charge in [0.1, 0.15) is 12.2 Å². The molecule has 0 atom stereocenters. The highest BCUT2D eigenvalue weighted by molar-refractivity contribution is 5.79. The number of ether oxygens (including phenoxy) is 2. The van der Waals surface area contributed by atoms with Gasteiger partial charge in [-0.1, -0.05) is 30.3 Å². The van der Waals surface area contributed by atoms with E-state index in [9.17, 15) is 14.4 Å². The molecule has 1 saturated heterocycles. The molecule has 1 aliphatic carbocycles. The maximum absolute atomic E-state index is 13.0. The molecule has 1 aromatic rings. The predicted molar refractivity (Wildman–Crippen MR) is 124 cm³/mol. The van der Waals surface area contributed by atoms with Crippen LogP contribution in [0.3, 0.4) is 0 Å². The second kappa shape index (κ2) is 11.4. The van der Waals surface area contributed by atoms with Crippen LogP contribution in [0.1, 0.15) is 52.0 Å². The Kier molecular flexibility index (Phi) is 8.58. The lowest BCUT2D eigenvalue weighted by Gasteiger charge is -2.37. The number of hydrogen-bond donors (Lipinski definition) is 1. The molecule has 0 unspecified atom stereocenters. The minimum absolute atomic E-state index is 0.0272. The van der Waals surface area contributed by atoms with E-state index < -0.39 is 5.60 Å². The number of nitrogens with one attached hydrogen (secondary N) is 1. The van der Waals surface area contributed by atoms with Gasteiger partial charge >= 0.3 is 12.2 Å². The summed E-state index contributed by atoms with van der Waals surface area (Å²) in [6, 6.07) is 9.60. The number of rotatable bonds is 5. The van der Waals surface area contributed by atoms with Crippen LogP contribution in [0.5, 0.6) is 0 Å². The first-order chi connectivity index (χ1) is 15.7. The zero-order valence-corrected chi connectivity index (χ0v) is 20.0. The van der Waals surface area contributed by atoms with Crippen molar-refractivity contribution in [2.75, 3.05) is 32.7 Å². The molecular formula is C25H37N3O5. The van der Waals surface area contributed by atoms with Gasteiger partial charge in [-0.2, -0.15) is 0 Å². The smallest absolute Gasteiger partial charge is 0.410 e. The van der Waals surface area contributed by atoms with Crippen LogP contribution in [0.15, 0.2) is 30.3 Å². The zero-order chi connectivity index (χ0) is 23.8. The fourth-order valence-electron chi connectivity index (χ4n) is 4.33. The van der Waals surface area contributed by atoms with E-state index in [-0.39, 0.29) is 30.6 Å². The molecule has 1 N–H and O–H groups in total. The van der Waals surface area contributed by atoms with Crippen molar-refractivity contribution in [1.29, 1.82) is 0 Å². The largest absolute Gasteiger partial charge is 0.445 e. The van der Waals surface area contributed by atoms with Crippen molar-refractivity contribution in [2.45, 2.75) is 58.7 Å². The van der Waals surface area contributed by atoms with Crippen molar-refractivity contribution in [3.63, 3.8) is 0 Å². The summed E-state index contributed by atoms with van der Waals surface area (Å²) < 4.78 is 10.7. The van der Waals surface area contributed by atoms with Gasteiger partial charge in [0.25, 0.3) is 0 Å². The van der Waals surface area contributed by atoms with Crippen molar-refractivity contribution in [2.24, 2.45) is 11.8 Å². The quantitative estimate of drug-likeness (QED) is 0.724. The fourth-order valence-corrected chi connectivity index (χ4v) is 4.33. The number of piperazine rings is 1. The van der Waals surface area contributed by atoms with Gasteiger partial charge in [0.15, 0.2) is 0 Å². The van der Waals surface area contributed by atoms with Crippen molar-refractivity contribution < 1.29 is 23.9 Å². The first-order valence-corrected chi connectivity index (χ1v) is 11.9. The van der Waals surface area contributed by atoms with Crippen LogP contribution in [-0.4, -0.2) is 66.2 Å². The van der Waals surface area contributed by atoms with Gasteiger partial charge in [-0.05, 0) is 57.9 Å². The lowest BCUT2D eigenvalue weighted by Crippen LogP contribution is -2.52. The molecule has 1 saturated carbocycles. The Morgan fingerprint density at radius 3 is 2.15 bits per heavy atom. The molecule has 33 heavy (non-hydrogen) atoms. The van der Waals surface area contributed by atoms with Crippen molar-refractivity contribution >= 4 is 18.1 Å². The number of amides is 3. The summed E-state index contributed by atoms with van der Waals surface area (Å²) in [7, 11) is 0. The van der Waals surface area contributed by atoms with Crippen molar-refractivity contribution in [3.05, 3.63) is 35.9 Å². The van der Waals surface area contributed by atoms with Gasteiger partial charge < -0.3 is 24.6 Å². The third-order valence-electron chi connectivity index (χ3n) is 6.18. The van der Waals surface area contributed by atoms with Crippen LogP contribution >= 0.6 is 0 Å². The summed E-state index contributed by atoms with van der Waals surface area (Å²) >= 11 is 0. The van der Waals surface area contributed by atoms with Crippen LogP contribution in [0, 0.1) is 11.8 Å². The number of alkyl carbamates (subject to hydrolysis) is 1. The third kappa shape index (κ3) is 7.94. The first-order valence-electron chi connectivity index (χ1n) is 11.9. The summed E-state index contributed by atoms with van der Waals surface area (Å²) in [6.07, 6.45) is 2.78. The summed E-state index contributed by atoms with van der Waals surface area (Å²) in [6.45, 7) is 8.44. The Balaban J connectivity index is 1.34. The minimum Gasteiger partial charge on any atom is -0.445 e. The molecule has 2 fully saturated rings. The molecule has 8 nitrogen and oxygen atoms in total. The predicted octanol–water partition coefficient (Wildman–Crippen LogP) is 3.80. The van der Waals surface area contributed by atoms with Gasteiger partial charge in [-0.25, -0.2) is 9.59 Å². The third-order valence-corrected chi connectivity index (χ3v) is 6.18. The average molecular weight is 460 g/mol. The number of carbonyl (C=O) groups is 3. The Hall–Kier alpha value is -2.77. The number of hydrogen-bond acceptors (Lipinski definition) is 5. The molecule has 3 rings (SSSR count). The van der Waals surface area contributed by atoms with E-state index in [1.165, 1.54) is 0 Å². The van der Waals surface area contributed by atoms with E-state index in [2.05, 4.69) is 5.32 Å². The first kappa shape index (κ1) is 24.9. The van der Waals surface area contributed by atoms with Gasteiger partial charge in [0, 0.05) is 38.6 Å². The number of carbonyl (C=O) groups excluding carboxylic acids is 3. The number of nitrogens with zero attached hydrogens (tertiary/aromatic N) is 2. The Morgan fingerprint density at radius 1 is 0.939 bits per heavy atom. The normalized spacial score (nSPS) is 21.3. The zero-order valence-electron chi connectivity index (χ0n) is 20.0. The van der Waals surface area contributed by atoms with E-state index in [1.54, 1.807) is 4.90 Å². The highest BCUT2D eigenvalue weighted by Crippen LogP contribution is 2.30. The number of benzene rings is 1. The average Bonchev–Trinajstić information content (AvgIpc) is 2.81. The monoisotopic (exact) mass is 459 g/mol. The van der Waals surface area contributed by atoms with Crippen LogP contribution in [0.25, 0.3) is 0 Å². The highest BCUT2D eigenvalue weighted by Gasteiger charge is 2.32. The van der Waals surface area contributed by atoms with Crippen LogP contribution in [0.2, 0.25) is 0 Å². The lowest BCUT2D eigenvalue weighted by atomic mass is 9.81. The maximum atomic E-state index is 13.0. The Labute approximate surface area is 196 Å². The summed E-state index contributed by atoms with van der Waals surface area (Å²) in [4.78, 5) is 40.7. The van der Waals surface area contributed by atoms with Crippen molar-refractivity contribution in [1.82, 2.24) is 15.1 Å². The van der Waals surface area contributed by atoms with E-state index in [4.69, 9.17) is 9.47 Å². The summed E-state index contributed by atoms with van der Waals surface area (Å²) in [5, 5.41) is 2.85. The lowest BCUT2D eigenvalue weighted by molar-refractivity contribution is -0.138. The SMILES string of the molecule is CC(C)(C)OC(=O)NCC1CCC(C(=O)N2CCN(C(=O)OCc3ccccc3)CC2)CC1. The second-order valence-electron chi connectivity index (χ2n) is 9.95. The molecule has 8 heteroatoms. The molecule has 182 valence electrons. The van der Waals surface area contributed by atoms with Gasteiger partial charge in [-0.3, -0.25) is 4.79 Å². The maximum Gasteiger partial charge on any atom is 0.410 e. The van der Waals surface area contributed by atoms with Gasteiger partial charge in [0.05, 0.1) is 0 Å². The van der Waals surface area contributed by atoms with E-state index in [0.717, 1.165) is 31.2 Å². The minimum atomic E-state index is -0.503. The van der Waals surface area contributed by atoms with E-state index in [1.807, 2.05) is 56.0 Å². The fraction of sp³-hybridized carbons (Fsp3) is 0.640. The van der Waals surface area contributed by atoms with E-state index >= 15 is 0 Å². The Bertz CT molecular complexity index is 792. The molecule has 3 amide bonds. The molecule has 1 heterocycles. The van der Waals surface area contributed by atoms with E-state index in [0.29, 0.717) is 38.6 Å². The van der Waals surface area contributed by atoms with Gasteiger partial charge in [0.2, 0.25) is 5.91 Å². The summed E-state index contributed by atoms with van der Waals surface area (Å²) in [5.41, 5.74) is 0.452. The van der Waals surface area contributed by atoms with Crippen molar-refractivity contribution in [3.8, 4) is 0 Å². The standard InChI is InChI=1S/C25H37N3O5/c1-25(2,3)33-23(30)26-17-19-9-11-21(12-10-19)22(29)27-13-15-28(16-14-27)24(31)32-18-20-7-5-4-6-8-20/h4-8,19,21H,9-18H2,1-3H3,(H,26,30). The topological polar surface area (TPSA) is 88.2 Å². The highest BCUT2D eigenvalue weighted by atomic mass is 16.6. The molecule has 0 aromatic heterocycles. The second-order valence-corrected chi connectivity index (χ2v) is 9.95. The molecule has 2 aliphatic rings. The van der Waals surface area contributed by atoms with Crippen LogP contribution in [0.4, 0.5) is 9.59 Å². The van der Waals surface area contributed by atoms with Crippen LogP contribution in [-0.2, 0) is 20.9 Å². The molecule has 1 aliphatic heterocycles. The summed E-state index contributed by atoms with van der Waals surface area (Å²) in [5.74, 6) is 0.586. The Morgan fingerprint density at radius 2 is 1.55 bits per heavy atom. The molecule has 0 bridgehead atoms.